The first-order valence-electron chi connectivity index (χ1n) is 10.3. The van der Waals surface area contributed by atoms with Crippen LogP contribution in [0.4, 0.5) is 11.4 Å². The zero-order chi connectivity index (χ0) is 18.8. The lowest BCUT2D eigenvalue weighted by atomic mass is 9.80. The van der Waals surface area contributed by atoms with Gasteiger partial charge in [0.15, 0.2) is 0 Å². The molecule has 1 saturated heterocycles. The zero-order valence-electron chi connectivity index (χ0n) is 15.8. The average Bonchev–Trinajstić information content (AvgIpc) is 3.17. The second-order valence-electron chi connectivity index (χ2n) is 8.49. The number of benzene rings is 2. The van der Waals surface area contributed by atoms with Crippen LogP contribution in [0.25, 0.3) is 0 Å². The molecule has 0 aromatic heterocycles. The van der Waals surface area contributed by atoms with E-state index < -0.39 is 0 Å². The number of nitrogens with zero attached hydrogens (tertiary/aromatic N) is 2. The number of carbonyl (C=O) groups excluding carboxylic acids is 2. The second-order valence-corrected chi connectivity index (χ2v) is 8.49. The first-order chi connectivity index (χ1) is 13.7. The molecule has 5 heteroatoms. The largest absolute Gasteiger partial charge is 0.371 e. The van der Waals surface area contributed by atoms with Gasteiger partial charge in [0.2, 0.25) is 5.91 Å². The SMILES string of the molecule is O=C1Cc2ccccc2C(=O)N1c1cc2c3c(c1)[C@@H]1CNC[C@@H]1CN3CCC2. The normalized spacial score (nSPS) is 25.4. The van der Waals surface area contributed by atoms with E-state index in [1.54, 1.807) is 0 Å². The van der Waals surface area contributed by atoms with Crippen molar-refractivity contribution in [2.75, 3.05) is 36.0 Å². The van der Waals surface area contributed by atoms with Crippen molar-refractivity contribution in [2.24, 2.45) is 5.92 Å². The third-order valence-corrected chi connectivity index (χ3v) is 6.89. The molecule has 2 aromatic rings. The summed E-state index contributed by atoms with van der Waals surface area (Å²) in [6, 6.07) is 11.7. The number of hydrogen-bond acceptors (Lipinski definition) is 4. The van der Waals surface area contributed by atoms with Crippen LogP contribution in [0.15, 0.2) is 36.4 Å². The fourth-order valence-corrected chi connectivity index (χ4v) is 5.64. The van der Waals surface area contributed by atoms with E-state index in [1.165, 1.54) is 21.7 Å². The van der Waals surface area contributed by atoms with Gasteiger partial charge in [0.25, 0.3) is 5.91 Å². The molecule has 4 heterocycles. The van der Waals surface area contributed by atoms with Crippen molar-refractivity contribution in [3.63, 3.8) is 0 Å². The van der Waals surface area contributed by atoms with E-state index in [0.717, 1.165) is 50.3 Å². The van der Waals surface area contributed by atoms with Crippen LogP contribution in [0.5, 0.6) is 0 Å². The number of hydrogen-bond donors (Lipinski definition) is 1. The van der Waals surface area contributed by atoms with Gasteiger partial charge in [-0.25, -0.2) is 4.90 Å². The minimum Gasteiger partial charge on any atom is -0.371 e. The number of carbonyl (C=O) groups is 2. The van der Waals surface area contributed by atoms with Gasteiger partial charge >= 0.3 is 0 Å². The lowest BCUT2D eigenvalue weighted by Crippen LogP contribution is -2.44. The van der Waals surface area contributed by atoms with Crippen LogP contribution in [-0.2, 0) is 17.6 Å². The average molecular weight is 373 g/mol. The van der Waals surface area contributed by atoms with Gasteiger partial charge in [-0.15, -0.1) is 0 Å². The molecule has 6 rings (SSSR count). The highest BCUT2D eigenvalue weighted by Gasteiger charge is 2.40. The first kappa shape index (κ1) is 16.3. The van der Waals surface area contributed by atoms with Crippen LogP contribution in [0, 0.1) is 5.92 Å². The van der Waals surface area contributed by atoms with Crippen LogP contribution >= 0.6 is 0 Å². The van der Waals surface area contributed by atoms with Gasteiger partial charge in [0.05, 0.1) is 12.1 Å². The summed E-state index contributed by atoms with van der Waals surface area (Å²) in [6.07, 6.45) is 2.43. The molecule has 0 aliphatic carbocycles. The molecule has 2 amide bonds. The Morgan fingerprint density at radius 3 is 2.86 bits per heavy atom. The van der Waals surface area contributed by atoms with Gasteiger partial charge in [0.1, 0.15) is 0 Å². The van der Waals surface area contributed by atoms with Crippen LogP contribution in [-0.4, -0.2) is 38.0 Å². The van der Waals surface area contributed by atoms with E-state index >= 15 is 0 Å². The van der Waals surface area contributed by atoms with E-state index in [1.807, 2.05) is 24.3 Å². The monoisotopic (exact) mass is 373 g/mol. The third kappa shape index (κ3) is 2.23. The molecule has 0 unspecified atom stereocenters. The van der Waals surface area contributed by atoms with E-state index in [2.05, 4.69) is 22.3 Å². The summed E-state index contributed by atoms with van der Waals surface area (Å²) in [6.45, 7) is 4.26. The molecule has 4 aliphatic rings. The van der Waals surface area contributed by atoms with Gasteiger partial charge < -0.3 is 10.2 Å². The van der Waals surface area contributed by atoms with Crippen molar-refractivity contribution in [2.45, 2.75) is 25.2 Å². The number of fused-ring (bicyclic) bond motifs is 3. The van der Waals surface area contributed by atoms with E-state index in [0.29, 0.717) is 17.4 Å². The molecule has 0 bridgehead atoms. The summed E-state index contributed by atoms with van der Waals surface area (Å²) in [5.74, 6) is 0.775. The van der Waals surface area contributed by atoms with E-state index in [-0.39, 0.29) is 18.2 Å². The van der Waals surface area contributed by atoms with Crippen molar-refractivity contribution in [1.29, 1.82) is 0 Å². The summed E-state index contributed by atoms with van der Waals surface area (Å²) in [5, 5.41) is 3.55. The maximum Gasteiger partial charge on any atom is 0.265 e. The van der Waals surface area contributed by atoms with Crippen molar-refractivity contribution in [3.8, 4) is 0 Å². The maximum absolute atomic E-state index is 13.2. The number of amides is 2. The minimum absolute atomic E-state index is 0.125. The molecule has 0 saturated carbocycles. The van der Waals surface area contributed by atoms with E-state index in [9.17, 15) is 9.59 Å². The molecule has 0 spiro atoms. The van der Waals surface area contributed by atoms with Gasteiger partial charge in [-0.05, 0) is 53.6 Å². The summed E-state index contributed by atoms with van der Waals surface area (Å²) < 4.78 is 0. The molecule has 4 aliphatic heterocycles. The van der Waals surface area contributed by atoms with Crippen molar-refractivity contribution < 1.29 is 9.59 Å². The fraction of sp³-hybridized carbons (Fsp3) is 0.391. The Morgan fingerprint density at radius 2 is 1.93 bits per heavy atom. The minimum atomic E-state index is -0.191. The Kier molecular flexibility index (Phi) is 3.45. The third-order valence-electron chi connectivity index (χ3n) is 6.89. The Bertz CT molecular complexity index is 1010. The number of anilines is 2. The quantitative estimate of drug-likeness (QED) is 0.781. The molecular weight excluding hydrogens is 350 g/mol. The van der Waals surface area contributed by atoms with E-state index in [4.69, 9.17) is 0 Å². The maximum atomic E-state index is 13.2. The van der Waals surface area contributed by atoms with Crippen molar-refractivity contribution in [3.05, 3.63) is 58.7 Å². The molecule has 142 valence electrons. The lowest BCUT2D eigenvalue weighted by molar-refractivity contribution is -0.117. The Balaban J connectivity index is 1.50. The smallest absolute Gasteiger partial charge is 0.265 e. The highest BCUT2D eigenvalue weighted by Crippen LogP contribution is 2.46. The second kappa shape index (κ2) is 5.92. The van der Waals surface area contributed by atoms with Crippen molar-refractivity contribution in [1.82, 2.24) is 5.32 Å². The molecule has 1 fully saturated rings. The Morgan fingerprint density at radius 1 is 1.04 bits per heavy atom. The highest BCUT2D eigenvalue weighted by atomic mass is 16.2. The fourth-order valence-electron chi connectivity index (χ4n) is 5.64. The van der Waals surface area contributed by atoms with Gasteiger partial charge in [-0.2, -0.15) is 0 Å². The molecule has 2 aromatic carbocycles. The highest BCUT2D eigenvalue weighted by molar-refractivity contribution is 6.24. The molecule has 28 heavy (non-hydrogen) atoms. The predicted molar refractivity (Wildman–Crippen MR) is 108 cm³/mol. The lowest BCUT2D eigenvalue weighted by Gasteiger charge is -2.42. The van der Waals surface area contributed by atoms with Crippen LogP contribution in [0.3, 0.4) is 0 Å². The number of nitrogens with one attached hydrogen (secondary N) is 1. The first-order valence-corrected chi connectivity index (χ1v) is 10.3. The van der Waals surface area contributed by atoms with Gasteiger partial charge in [-0.1, -0.05) is 18.2 Å². The number of rotatable bonds is 1. The standard InChI is InChI=1S/C23H23N3O2/c27-21-9-14-4-1-2-6-18(14)23(28)26(21)17-8-15-5-3-7-25-13-16-11-24-12-20(16)19(10-17)22(15)25/h1-2,4,6,8,10,16,20,24H,3,5,7,9,11-13H2/t16-,20-/m1/s1. The summed E-state index contributed by atoms with van der Waals surface area (Å²) in [5.41, 5.74) is 6.23. The molecule has 1 N–H and O–H groups in total. The summed E-state index contributed by atoms with van der Waals surface area (Å²) in [4.78, 5) is 30.1. The molecule has 5 nitrogen and oxygen atoms in total. The van der Waals surface area contributed by atoms with Crippen LogP contribution in [0.1, 0.15) is 39.4 Å². The molecule has 2 atom stereocenters. The number of imide groups is 1. The van der Waals surface area contributed by atoms with Crippen molar-refractivity contribution >= 4 is 23.2 Å². The topological polar surface area (TPSA) is 52.7 Å². The van der Waals surface area contributed by atoms with Crippen LogP contribution < -0.4 is 15.1 Å². The Labute approximate surface area is 164 Å². The van der Waals surface area contributed by atoms with Gasteiger partial charge in [-0.3, -0.25) is 9.59 Å². The Hall–Kier alpha value is -2.66. The summed E-state index contributed by atoms with van der Waals surface area (Å²) in [7, 11) is 0. The predicted octanol–water partition coefficient (Wildman–Crippen LogP) is 2.49. The molecular formula is C23H23N3O2. The number of aryl methyl sites for hydroxylation is 1. The summed E-state index contributed by atoms with van der Waals surface area (Å²) >= 11 is 0. The van der Waals surface area contributed by atoms with Crippen LogP contribution in [0.2, 0.25) is 0 Å². The van der Waals surface area contributed by atoms with Gasteiger partial charge in [0, 0.05) is 43.3 Å². The molecule has 0 radical (unpaired) electrons. The zero-order valence-corrected chi connectivity index (χ0v) is 15.8.